The lowest BCUT2D eigenvalue weighted by atomic mass is 9.78. The first-order chi connectivity index (χ1) is 7.23. The van der Waals surface area contributed by atoms with Gasteiger partial charge in [-0.2, -0.15) is 0 Å². The molecule has 1 fully saturated rings. The molecular weight excluding hydrogens is 194 g/mol. The number of pyridine rings is 1. The Morgan fingerprint density at radius 2 is 2.53 bits per heavy atom. The Morgan fingerprint density at radius 3 is 3.07 bits per heavy atom. The summed E-state index contributed by atoms with van der Waals surface area (Å²) in [4.78, 5) is 14.9. The zero-order chi connectivity index (χ0) is 10.7. The van der Waals surface area contributed by atoms with Gasteiger partial charge in [0.05, 0.1) is 13.0 Å². The van der Waals surface area contributed by atoms with Gasteiger partial charge in [0.2, 0.25) is 0 Å². The van der Waals surface area contributed by atoms with Gasteiger partial charge in [0, 0.05) is 24.4 Å². The van der Waals surface area contributed by atoms with Crippen molar-refractivity contribution in [1.82, 2.24) is 4.98 Å². The van der Waals surface area contributed by atoms with E-state index < -0.39 is 5.97 Å². The highest BCUT2D eigenvalue weighted by molar-refractivity contribution is 5.69. The van der Waals surface area contributed by atoms with Gasteiger partial charge in [-0.15, -0.1) is 0 Å². The Bertz CT molecular complexity index is 344. The summed E-state index contributed by atoms with van der Waals surface area (Å²) >= 11 is 0. The molecule has 15 heavy (non-hydrogen) atoms. The second-order valence-corrected chi connectivity index (χ2v) is 3.90. The maximum Gasteiger partial charge on any atom is 0.304 e. The first-order valence-corrected chi connectivity index (χ1v) is 4.93. The average molecular weight is 207 g/mol. The van der Waals surface area contributed by atoms with E-state index in [1.54, 1.807) is 12.4 Å². The van der Waals surface area contributed by atoms with Crippen LogP contribution in [0.5, 0.6) is 0 Å². The number of ether oxygens (including phenoxy) is 1. The number of hydrogen-bond acceptors (Lipinski definition) is 3. The van der Waals surface area contributed by atoms with Gasteiger partial charge in [0.15, 0.2) is 0 Å². The van der Waals surface area contributed by atoms with E-state index in [4.69, 9.17) is 9.84 Å². The normalized spacial score (nSPS) is 25.3. The average Bonchev–Trinajstić information content (AvgIpc) is 2.68. The third-order valence-electron chi connectivity index (χ3n) is 2.87. The van der Waals surface area contributed by atoms with Crippen LogP contribution in [0.25, 0.3) is 0 Å². The standard InChI is InChI=1S/C11H13NO3/c13-10(14)6-11(3-5-15-8-11)9-2-1-4-12-7-9/h1-2,4,7H,3,5-6,8H2,(H,13,14). The molecule has 0 saturated carbocycles. The second-order valence-electron chi connectivity index (χ2n) is 3.90. The molecular formula is C11H13NO3. The number of nitrogens with zero attached hydrogens (tertiary/aromatic N) is 1. The minimum Gasteiger partial charge on any atom is -0.481 e. The van der Waals surface area contributed by atoms with Crippen molar-refractivity contribution in [3.05, 3.63) is 30.1 Å². The van der Waals surface area contributed by atoms with Crippen molar-refractivity contribution < 1.29 is 14.6 Å². The molecule has 2 rings (SSSR count). The summed E-state index contributed by atoms with van der Waals surface area (Å²) in [6.07, 6.45) is 4.29. The Labute approximate surface area is 87.9 Å². The van der Waals surface area contributed by atoms with Crippen LogP contribution in [-0.2, 0) is 14.9 Å². The highest BCUT2D eigenvalue weighted by Gasteiger charge is 2.38. The lowest BCUT2D eigenvalue weighted by Gasteiger charge is -2.25. The predicted molar refractivity (Wildman–Crippen MR) is 53.6 cm³/mol. The SMILES string of the molecule is O=C(O)CC1(c2cccnc2)CCOC1. The van der Waals surface area contributed by atoms with Gasteiger partial charge in [0.1, 0.15) is 0 Å². The first kappa shape index (κ1) is 10.1. The van der Waals surface area contributed by atoms with E-state index in [1.807, 2.05) is 12.1 Å². The Hall–Kier alpha value is -1.42. The van der Waals surface area contributed by atoms with Crippen LogP contribution in [-0.4, -0.2) is 29.3 Å². The first-order valence-electron chi connectivity index (χ1n) is 4.93. The lowest BCUT2D eigenvalue weighted by Crippen LogP contribution is -2.29. The molecule has 2 heterocycles. The Balaban J connectivity index is 2.30. The Kier molecular flexibility index (Phi) is 2.68. The van der Waals surface area contributed by atoms with Crippen molar-refractivity contribution in [3.8, 4) is 0 Å². The van der Waals surface area contributed by atoms with Gasteiger partial charge in [0.25, 0.3) is 0 Å². The fourth-order valence-corrected chi connectivity index (χ4v) is 2.04. The van der Waals surface area contributed by atoms with Gasteiger partial charge in [-0.25, -0.2) is 0 Å². The fourth-order valence-electron chi connectivity index (χ4n) is 2.04. The highest BCUT2D eigenvalue weighted by Crippen LogP contribution is 2.35. The molecule has 1 N–H and O–H groups in total. The molecule has 1 saturated heterocycles. The molecule has 0 radical (unpaired) electrons. The van der Waals surface area contributed by atoms with Gasteiger partial charge < -0.3 is 9.84 Å². The molecule has 0 amide bonds. The molecule has 1 unspecified atom stereocenters. The lowest BCUT2D eigenvalue weighted by molar-refractivity contribution is -0.138. The number of rotatable bonds is 3. The monoisotopic (exact) mass is 207 g/mol. The topological polar surface area (TPSA) is 59.4 Å². The molecule has 4 heteroatoms. The van der Waals surface area contributed by atoms with E-state index in [9.17, 15) is 4.79 Å². The number of carbonyl (C=O) groups is 1. The van der Waals surface area contributed by atoms with Gasteiger partial charge in [-0.1, -0.05) is 6.07 Å². The van der Waals surface area contributed by atoms with Crippen LogP contribution in [0.15, 0.2) is 24.5 Å². The smallest absolute Gasteiger partial charge is 0.304 e. The molecule has 0 aromatic carbocycles. The van der Waals surface area contributed by atoms with Crippen LogP contribution in [0, 0.1) is 0 Å². The van der Waals surface area contributed by atoms with Crippen molar-refractivity contribution in [2.24, 2.45) is 0 Å². The second kappa shape index (κ2) is 3.98. The number of carboxylic acid groups (broad SMARTS) is 1. The van der Waals surface area contributed by atoms with Crippen LogP contribution in [0.1, 0.15) is 18.4 Å². The predicted octanol–water partition coefficient (Wildman–Crippen LogP) is 1.21. The zero-order valence-corrected chi connectivity index (χ0v) is 8.35. The minimum atomic E-state index is -0.788. The summed E-state index contributed by atoms with van der Waals surface area (Å²) in [6.45, 7) is 1.10. The van der Waals surface area contributed by atoms with Crippen LogP contribution < -0.4 is 0 Å². The van der Waals surface area contributed by atoms with E-state index in [2.05, 4.69) is 4.98 Å². The third-order valence-corrected chi connectivity index (χ3v) is 2.87. The maximum atomic E-state index is 10.9. The van der Waals surface area contributed by atoms with E-state index in [0.717, 1.165) is 12.0 Å². The number of aliphatic carboxylic acids is 1. The van der Waals surface area contributed by atoms with Crippen molar-refractivity contribution in [2.45, 2.75) is 18.3 Å². The minimum absolute atomic E-state index is 0.110. The Morgan fingerprint density at radius 1 is 1.67 bits per heavy atom. The molecule has 1 aromatic heterocycles. The molecule has 1 atom stereocenters. The van der Waals surface area contributed by atoms with E-state index >= 15 is 0 Å². The van der Waals surface area contributed by atoms with Gasteiger partial charge >= 0.3 is 5.97 Å². The zero-order valence-electron chi connectivity index (χ0n) is 8.35. The molecule has 0 aliphatic carbocycles. The van der Waals surface area contributed by atoms with Crippen LogP contribution in [0.4, 0.5) is 0 Å². The molecule has 1 aromatic rings. The molecule has 4 nitrogen and oxygen atoms in total. The summed E-state index contributed by atoms with van der Waals surface area (Å²) in [5.74, 6) is -0.788. The molecule has 0 spiro atoms. The maximum absolute atomic E-state index is 10.9. The van der Waals surface area contributed by atoms with Gasteiger partial charge in [-0.05, 0) is 18.1 Å². The number of aromatic nitrogens is 1. The summed E-state index contributed by atoms with van der Waals surface area (Å²) in [5, 5.41) is 8.92. The van der Waals surface area contributed by atoms with Crippen LogP contribution >= 0.6 is 0 Å². The van der Waals surface area contributed by atoms with Crippen LogP contribution in [0.3, 0.4) is 0 Å². The molecule has 0 bridgehead atoms. The molecule has 1 aliphatic rings. The summed E-state index contributed by atoms with van der Waals surface area (Å²) in [7, 11) is 0. The van der Waals surface area contributed by atoms with E-state index in [1.165, 1.54) is 0 Å². The largest absolute Gasteiger partial charge is 0.481 e. The third kappa shape index (κ3) is 1.99. The van der Waals surface area contributed by atoms with E-state index in [-0.39, 0.29) is 11.8 Å². The van der Waals surface area contributed by atoms with Crippen molar-refractivity contribution >= 4 is 5.97 Å². The number of hydrogen-bond donors (Lipinski definition) is 1. The van der Waals surface area contributed by atoms with Crippen LogP contribution in [0.2, 0.25) is 0 Å². The summed E-state index contributed by atoms with van der Waals surface area (Å²) < 4.78 is 5.32. The molecule has 80 valence electrons. The van der Waals surface area contributed by atoms with Crippen molar-refractivity contribution in [1.29, 1.82) is 0 Å². The van der Waals surface area contributed by atoms with Crippen molar-refractivity contribution in [3.63, 3.8) is 0 Å². The summed E-state index contributed by atoms with van der Waals surface area (Å²) in [5.41, 5.74) is 0.588. The fraction of sp³-hybridized carbons (Fsp3) is 0.455. The highest BCUT2D eigenvalue weighted by atomic mass is 16.5. The molecule has 1 aliphatic heterocycles. The quantitative estimate of drug-likeness (QED) is 0.809. The van der Waals surface area contributed by atoms with Crippen molar-refractivity contribution in [2.75, 3.05) is 13.2 Å². The number of carboxylic acids is 1. The van der Waals surface area contributed by atoms with E-state index in [0.29, 0.717) is 13.2 Å². The summed E-state index contributed by atoms with van der Waals surface area (Å²) in [6, 6.07) is 3.75. The van der Waals surface area contributed by atoms with Gasteiger partial charge in [-0.3, -0.25) is 9.78 Å².